The number of esters is 1. The van der Waals surface area contributed by atoms with Crippen molar-refractivity contribution in [2.45, 2.75) is 13.1 Å². The van der Waals surface area contributed by atoms with E-state index in [0.717, 1.165) is 6.07 Å². The van der Waals surface area contributed by atoms with Crippen LogP contribution in [0.2, 0.25) is 0 Å². The van der Waals surface area contributed by atoms with Crippen molar-refractivity contribution in [3.8, 4) is 5.75 Å². The third kappa shape index (κ3) is 4.56. The van der Waals surface area contributed by atoms with E-state index in [-0.39, 0.29) is 23.4 Å². The molecule has 0 aliphatic carbocycles. The van der Waals surface area contributed by atoms with Crippen molar-refractivity contribution in [2.24, 2.45) is 0 Å². The van der Waals surface area contributed by atoms with Crippen LogP contribution in [0.15, 0.2) is 22.7 Å². The molecule has 0 aliphatic rings. The maximum Gasteiger partial charge on any atom is 0.417 e. The molecule has 100 valence electrons. The van der Waals surface area contributed by atoms with Crippen molar-refractivity contribution in [3.63, 3.8) is 0 Å². The highest BCUT2D eigenvalue weighted by molar-refractivity contribution is 9.10. The SMILES string of the molecule is CC(=O)OCCOc1ccc(Br)c(C(F)(F)F)c1. The van der Waals surface area contributed by atoms with Gasteiger partial charge in [0.1, 0.15) is 19.0 Å². The number of alkyl halides is 3. The van der Waals surface area contributed by atoms with Gasteiger partial charge in [0.2, 0.25) is 0 Å². The highest BCUT2D eigenvalue weighted by Crippen LogP contribution is 2.36. The summed E-state index contributed by atoms with van der Waals surface area (Å²) in [4.78, 5) is 10.5. The fourth-order valence-electron chi connectivity index (χ4n) is 1.16. The molecule has 18 heavy (non-hydrogen) atoms. The van der Waals surface area contributed by atoms with Gasteiger partial charge in [-0.1, -0.05) is 15.9 Å². The van der Waals surface area contributed by atoms with Gasteiger partial charge < -0.3 is 9.47 Å². The number of carbonyl (C=O) groups is 1. The molecule has 1 aromatic carbocycles. The summed E-state index contributed by atoms with van der Waals surface area (Å²) in [6.45, 7) is 1.23. The van der Waals surface area contributed by atoms with Gasteiger partial charge in [-0.2, -0.15) is 13.2 Å². The second kappa shape index (κ2) is 6.08. The van der Waals surface area contributed by atoms with Crippen molar-refractivity contribution in [3.05, 3.63) is 28.2 Å². The molecule has 0 aliphatic heterocycles. The van der Waals surface area contributed by atoms with Crippen LogP contribution in [0.5, 0.6) is 5.75 Å². The zero-order valence-corrected chi connectivity index (χ0v) is 11.0. The molecule has 1 rings (SSSR count). The van der Waals surface area contributed by atoms with Gasteiger partial charge in [-0.05, 0) is 18.2 Å². The summed E-state index contributed by atoms with van der Waals surface area (Å²) in [6, 6.07) is 3.54. The van der Waals surface area contributed by atoms with E-state index in [1.54, 1.807) is 0 Å². The Labute approximate surface area is 110 Å². The van der Waals surface area contributed by atoms with Crippen LogP contribution in [0.1, 0.15) is 12.5 Å². The van der Waals surface area contributed by atoms with Crippen LogP contribution in [0.25, 0.3) is 0 Å². The first-order valence-electron chi connectivity index (χ1n) is 4.93. The van der Waals surface area contributed by atoms with Gasteiger partial charge in [0.15, 0.2) is 0 Å². The number of benzene rings is 1. The Bertz CT molecular complexity index is 432. The maximum atomic E-state index is 12.6. The summed E-state index contributed by atoms with van der Waals surface area (Å²) in [5, 5.41) is 0. The zero-order valence-electron chi connectivity index (χ0n) is 9.38. The molecule has 0 radical (unpaired) electrons. The Balaban J connectivity index is 2.65. The topological polar surface area (TPSA) is 35.5 Å². The van der Waals surface area contributed by atoms with Crippen LogP contribution in [-0.4, -0.2) is 19.2 Å². The lowest BCUT2D eigenvalue weighted by Gasteiger charge is -2.12. The first-order chi connectivity index (χ1) is 8.30. The van der Waals surface area contributed by atoms with Gasteiger partial charge in [0, 0.05) is 11.4 Å². The first-order valence-corrected chi connectivity index (χ1v) is 5.73. The third-order valence-corrected chi connectivity index (χ3v) is 2.59. The Kier molecular flexibility index (Phi) is 5.01. The molecule has 0 unspecified atom stereocenters. The maximum absolute atomic E-state index is 12.6. The minimum atomic E-state index is -4.45. The van der Waals surface area contributed by atoms with Gasteiger partial charge in [0.05, 0.1) is 5.56 Å². The minimum absolute atomic E-state index is 0.00148. The van der Waals surface area contributed by atoms with E-state index in [2.05, 4.69) is 20.7 Å². The molecule has 0 heterocycles. The normalized spacial score (nSPS) is 11.2. The van der Waals surface area contributed by atoms with Gasteiger partial charge in [0.25, 0.3) is 0 Å². The smallest absolute Gasteiger partial charge is 0.417 e. The lowest BCUT2D eigenvalue weighted by Crippen LogP contribution is -2.11. The lowest BCUT2D eigenvalue weighted by atomic mass is 10.2. The van der Waals surface area contributed by atoms with Gasteiger partial charge in [-0.25, -0.2) is 0 Å². The summed E-state index contributed by atoms with van der Waals surface area (Å²) >= 11 is 2.82. The molecule has 0 aromatic heterocycles. The molecule has 0 atom stereocenters. The predicted octanol–water partition coefficient (Wildman–Crippen LogP) is 3.41. The summed E-state index contributed by atoms with van der Waals surface area (Å²) < 4.78 is 47.3. The summed E-state index contributed by atoms with van der Waals surface area (Å²) in [7, 11) is 0. The van der Waals surface area contributed by atoms with E-state index in [9.17, 15) is 18.0 Å². The molecular formula is C11H10BrF3O3. The molecule has 3 nitrogen and oxygen atoms in total. The van der Waals surface area contributed by atoms with Crippen molar-refractivity contribution >= 4 is 21.9 Å². The average molecular weight is 327 g/mol. The van der Waals surface area contributed by atoms with Crippen molar-refractivity contribution in [2.75, 3.05) is 13.2 Å². The molecule has 0 bridgehead atoms. The third-order valence-electron chi connectivity index (χ3n) is 1.90. The molecule has 0 saturated carbocycles. The Morgan fingerprint density at radius 1 is 1.33 bits per heavy atom. The number of rotatable bonds is 4. The fourth-order valence-corrected chi connectivity index (χ4v) is 1.63. The lowest BCUT2D eigenvalue weighted by molar-refractivity contribution is -0.141. The summed E-state index contributed by atoms with van der Waals surface area (Å²) in [6.07, 6.45) is -4.45. The van der Waals surface area contributed by atoms with Crippen LogP contribution >= 0.6 is 15.9 Å². The number of hydrogen-bond acceptors (Lipinski definition) is 3. The van der Waals surface area contributed by atoms with Crippen LogP contribution in [-0.2, 0) is 15.7 Å². The molecule has 0 amide bonds. The zero-order chi connectivity index (χ0) is 13.8. The van der Waals surface area contributed by atoms with Gasteiger partial charge in [-0.3, -0.25) is 4.79 Å². The monoisotopic (exact) mass is 326 g/mol. The first kappa shape index (κ1) is 14.8. The predicted molar refractivity (Wildman–Crippen MR) is 61.3 cm³/mol. The average Bonchev–Trinajstić information content (AvgIpc) is 2.24. The largest absolute Gasteiger partial charge is 0.490 e. The summed E-state index contributed by atoms with van der Waals surface area (Å²) in [5.74, 6) is -0.400. The highest BCUT2D eigenvalue weighted by Gasteiger charge is 2.33. The molecular weight excluding hydrogens is 317 g/mol. The molecule has 1 aromatic rings. The molecule has 0 spiro atoms. The molecule has 7 heteroatoms. The Morgan fingerprint density at radius 3 is 2.56 bits per heavy atom. The quantitative estimate of drug-likeness (QED) is 0.628. The molecule has 0 N–H and O–H groups in total. The number of carbonyl (C=O) groups excluding carboxylic acids is 1. The van der Waals surface area contributed by atoms with Crippen molar-refractivity contribution in [1.82, 2.24) is 0 Å². The van der Waals surface area contributed by atoms with E-state index in [1.165, 1.54) is 19.1 Å². The van der Waals surface area contributed by atoms with E-state index >= 15 is 0 Å². The highest BCUT2D eigenvalue weighted by atomic mass is 79.9. The van der Waals surface area contributed by atoms with E-state index in [4.69, 9.17) is 4.74 Å². The number of ether oxygens (including phenoxy) is 2. The van der Waals surface area contributed by atoms with Crippen LogP contribution in [0.3, 0.4) is 0 Å². The van der Waals surface area contributed by atoms with Crippen LogP contribution < -0.4 is 4.74 Å². The fraction of sp³-hybridized carbons (Fsp3) is 0.364. The Morgan fingerprint density at radius 2 is 2.00 bits per heavy atom. The van der Waals surface area contributed by atoms with Crippen LogP contribution in [0, 0.1) is 0 Å². The molecule has 0 fully saturated rings. The second-order valence-corrected chi connectivity index (χ2v) is 4.18. The van der Waals surface area contributed by atoms with Gasteiger partial charge >= 0.3 is 12.1 Å². The standard InChI is InChI=1S/C11H10BrF3O3/c1-7(16)17-4-5-18-8-2-3-10(12)9(6-8)11(13,14)15/h2-3,6H,4-5H2,1H3. The minimum Gasteiger partial charge on any atom is -0.490 e. The van der Waals surface area contributed by atoms with Crippen molar-refractivity contribution < 1.29 is 27.4 Å². The van der Waals surface area contributed by atoms with E-state index in [0.29, 0.717) is 0 Å². The number of hydrogen-bond donors (Lipinski definition) is 0. The van der Waals surface area contributed by atoms with Gasteiger partial charge in [-0.15, -0.1) is 0 Å². The second-order valence-electron chi connectivity index (χ2n) is 3.33. The van der Waals surface area contributed by atoms with E-state index in [1.807, 2.05) is 0 Å². The molecule has 0 saturated heterocycles. The van der Waals surface area contributed by atoms with E-state index < -0.39 is 17.7 Å². The number of halogens is 4. The van der Waals surface area contributed by atoms with Crippen LogP contribution in [0.4, 0.5) is 13.2 Å². The van der Waals surface area contributed by atoms with Crippen molar-refractivity contribution in [1.29, 1.82) is 0 Å². The summed E-state index contributed by atoms with van der Waals surface area (Å²) in [5.41, 5.74) is -0.813. The Hall–Kier alpha value is -1.24.